The van der Waals surface area contributed by atoms with E-state index in [0.29, 0.717) is 19.8 Å². The van der Waals surface area contributed by atoms with Gasteiger partial charge in [0, 0.05) is 19.6 Å². The summed E-state index contributed by atoms with van der Waals surface area (Å²) in [6, 6.07) is 10.0. The first-order chi connectivity index (χ1) is 9.63. The number of benzene rings is 1. The Morgan fingerprint density at radius 3 is 2.55 bits per heavy atom. The average molecular weight is 279 g/mol. The molecule has 1 heterocycles. The molecule has 1 aromatic carbocycles. The van der Waals surface area contributed by atoms with Crippen LogP contribution < -0.4 is 0 Å². The van der Waals surface area contributed by atoms with Crippen molar-refractivity contribution in [1.29, 1.82) is 0 Å². The number of hydrogen-bond donors (Lipinski definition) is 1. The normalized spacial score (nSPS) is 25.6. The number of hydrogen-bond acceptors (Lipinski definition) is 4. The molecule has 1 N–H and O–H groups in total. The predicted octanol–water partition coefficient (Wildman–Crippen LogP) is 1.67. The summed E-state index contributed by atoms with van der Waals surface area (Å²) in [6.45, 7) is 7.46. The second-order valence-electron chi connectivity index (χ2n) is 5.63. The van der Waals surface area contributed by atoms with E-state index >= 15 is 0 Å². The monoisotopic (exact) mass is 279 g/mol. The van der Waals surface area contributed by atoms with Gasteiger partial charge >= 0.3 is 0 Å². The van der Waals surface area contributed by atoms with E-state index in [1.165, 1.54) is 0 Å². The van der Waals surface area contributed by atoms with Crippen LogP contribution in [-0.4, -0.2) is 54.6 Å². The van der Waals surface area contributed by atoms with E-state index in [1.54, 1.807) is 0 Å². The zero-order valence-corrected chi connectivity index (χ0v) is 12.4. The summed E-state index contributed by atoms with van der Waals surface area (Å²) in [5, 5.41) is 10.0. The minimum Gasteiger partial charge on any atom is -0.389 e. The van der Waals surface area contributed by atoms with Crippen LogP contribution in [-0.2, 0) is 16.1 Å². The van der Waals surface area contributed by atoms with Crippen LogP contribution in [0, 0.1) is 0 Å². The lowest BCUT2D eigenvalue weighted by atomic mass is 10.2. The Kier molecular flexibility index (Phi) is 5.98. The number of β-amino-alcohol motifs (C(OH)–C–C–N with tert-alkyl or cyclic N) is 1. The Morgan fingerprint density at radius 2 is 1.90 bits per heavy atom. The van der Waals surface area contributed by atoms with Crippen molar-refractivity contribution in [1.82, 2.24) is 4.90 Å². The molecule has 20 heavy (non-hydrogen) atoms. The van der Waals surface area contributed by atoms with Crippen molar-refractivity contribution in [3.63, 3.8) is 0 Å². The van der Waals surface area contributed by atoms with Crippen LogP contribution in [0.4, 0.5) is 0 Å². The highest BCUT2D eigenvalue weighted by molar-refractivity contribution is 5.13. The summed E-state index contributed by atoms with van der Waals surface area (Å²) in [6.07, 6.45) is 0.0172. The van der Waals surface area contributed by atoms with Gasteiger partial charge in [-0.2, -0.15) is 0 Å². The van der Waals surface area contributed by atoms with Gasteiger partial charge in [0.1, 0.15) is 0 Å². The lowest BCUT2D eigenvalue weighted by molar-refractivity contribution is -0.0826. The van der Waals surface area contributed by atoms with E-state index in [9.17, 15) is 5.11 Å². The van der Waals surface area contributed by atoms with Gasteiger partial charge in [0.15, 0.2) is 0 Å². The topological polar surface area (TPSA) is 41.9 Å². The second kappa shape index (κ2) is 7.74. The van der Waals surface area contributed by atoms with Gasteiger partial charge in [-0.1, -0.05) is 30.3 Å². The van der Waals surface area contributed by atoms with E-state index in [2.05, 4.69) is 18.7 Å². The molecule has 0 unspecified atom stereocenters. The van der Waals surface area contributed by atoms with Gasteiger partial charge in [-0.25, -0.2) is 0 Å². The Labute approximate surface area is 121 Å². The number of rotatable bonds is 6. The van der Waals surface area contributed by atoms with E-state index < -0.39 is 6.10 Å². The van der Waals surface area contributed by atoms with Gasteiger partial charge < -0.3 is 14.6 Å². The van der Waals surface area contributed by atoms with Gasteiger partial charge in [-0.15, -0.1) is 0 Å². The molecule has 3 atom stereocenters. The van der Waals surface area contributed by atoms with Crippen LogP contribution >= 0.6 is 0 Å². The summed E-state index contributed by atoms with van der Waals surface area (Å²) >= 11 is 0. The van der Waals surface area contributed by atoms with Crippen molar-refractivity contribution >= 4 is 0 Å². The summed E-state index contributed by atoms with van der Waals surface area (Å²) in [5.41, 5.74) is 1.13. The number of ether oxygens (including phenoxy) is 2. The van der Waals surface area contributed by atoms with Crippen molar-refractivity contribution in [3.8, 4) is 0 Å². The molecule has 1 aliphatic rings. The minimum atomic E-state index is -0.448. The maximum absolute atomic E-state index is 10.0. The second-order valence-corrected chi connectivity index (χ2v) is 5.63. The highest BCUT2D eigenvalue weighted by Crippen LogP contribution is 2.11. The summed E-state index contributed by atoms with van der Waals surface area (Å²) < 4.78 is 11.3. The van der Waals surface area contributed by atoms with E-state index in [-0.39, 0.29) is 12.2 Å². The van der Waals surface area contributed by atoms with Gasteiger partial charge in [-0.05, 0) is 19.4 Å². The van der Waals surface area contributed by atoms with Crippen molar-refractivity contribution < 1.29 is 14.6 Å². The van der Waals surface area contributed by atoms with Crippen LogP contribution in [0.2, 0.25) is 0 Å². The molecule has 0 radical (unpaired) electrons. The molecular formula is C16H25NO3. The molecule has 0 aromatic heterocycles. The molecule has 1 fully saturated rings. The largest absolute Gasteiger partial charge is 0.389 e. The molecule has 1 saturated heterocycles. The molecule has 0 amide bonds. The molecule has 0 aliphatic carbocycles. The quantitative estimate of drug-likeness (QED) is 0.860. The predicted molar refractivity (Wildman–Crippen MR) is 78.6 cm³/mol. The van der Waals surface area contributed by atoms with Gasteiger partial charge in [0.2, 0.25) is 0 Å². The molecule has 0 bridgehead atoms. The van der Waals surface area contributed by atoms with Crippen molar-refractivity contribution in [2.24, 2.45) is 0 Å². The molecule has 4 heteroatoms. The maximum Gasteiger partial charge on any atom is 0.0900 e. The standard InChI is InChI=1S/C16H25NO3/c1-13-8-17(9-14(2)20-13)10-16(18)12-19-11-15-6-4-3-5-7-15/h3-7,13-14,16,18H,8-12H2,1-2H3/t13-,14-,16-/m1/s1. The lowest BCUT2D eigenvalue weighted by Gasteiger charge is -2.36. The SMILES string of the molecule is C[C@@H]1CN(C[C@@H](O)COCc2ccccc2)C[C@@H](C)O1. The molecule has 0 saturated carbocycles. The zero-order valence-electron chi connectivity index (χ0n) is 12.4. The molecule has 0 spiro atoms. The molecule has 1 aliphatic heterocycles. The Bertz CT molecular complexity index is 375. The molecular weight excluding hydrogens is 254 g/mol. The third kappa shape index (κ3) is 5.21. The van der Waals surface area contributed by atoms with E-state index in [0.717, 1.165) is 18.7 Å². The van der Waals surface area contributed by atoms with Crippen LogP contribution in [0.1, 0.15) is 19.4 Å². The summed E-state index contributed by atoms with van der Waals surface area (Å²) in [4.78, 5) is 2.25. The first kappa shape index (κ1) is 15.4. The highest BCUT2D eigenvalue weighted by atomic mass is 16.5. The molecule has 4 nitrogen and oxygen atoms in total. The zero-order chi connectivity index (χ0) is 14.4. The summed E-state index contributed by atoms with van der Waals surface area (Å²) in [5.74, 6) is 0. The van der Waals surface area contributed by atoms with Gasteiger partial charge in [-0.3, -0.25) is 4.90 Å². The van der Waals surface area contributed by atoms with Crippen molar-refractivity contribution in [2.75, 3.05) is 26.2 Å². The Balaban J connectivity index is 1.66. The van der Waals surface area contributed by atoms with Crippen molar-refractivity contribution in [3.05, 3.63) is 35.9 Å². The third-order valence-corrected chi connectivity index (χ3v) is 3.39. The first-order valence-corrected chi connectivity index (χ1v) is 7.31. The maximum atomic E-state index is 10.0. The minimum absolute atomic E-state index is 0.233. The fourth-order valence-electron chi connectivity index (χ4n) is 2.67. The summed E-state index contributed by atoms with van der Waals surface area (Å²) in [7, 11) is 0. The fourth-order valence-corrected chi connectivity index (χ4v) is 2.67. The number of aliphatic hydroxyl groups excluding tert-OH is 1. The first-order valence-electron chi connectivity index (χ1n) is 7.31. The number of nitrogens with zero attached hydrogens (tertiary/aromatic N) is 1. The molecule has 112 valence electrons. The Morgan fingerprint density at radius 1 is 1.25 bits per heavy atom. The number of morpholine rings is 1. The molecule has 1 aromatic rings. The average Bonchev–Trinajstić information content (AvgIpc) is 2.38. The van der Waals surface area contributed by atoms with Crippen LogP contribution in [0.5, 0.6) is 0 Å². The van der Waals surface area contributed by atoms with E-state index in [1.807, 2.05) is 30.3 Å². The smallest absolute Gasteiger partial charge is 0.0900 e. The van der Waals surface area contributed by atoms with Crippen LogP contribution in [0.25, 0.3) is 0 Å². The Hall–Kier alpha value is -0.940. The van der Waals surface area contributed by atoms with Gasteiger partial charge in [0.25, 0.3) is 0 Å². The van der Waals surface area contributed by atoms with Gasteiger partial charge in [0.05, 0.1) is 31.5 Å². The van der Waals surface area contributed by atoms with Crippen LogP contribution in [0.15, 0.2) is 30.3 Å². The van der Waals surface area contributed by atoms with Crippen LogP contribution in [0.3, 0.4) is 0 Å². The van der Waals surface area contributed by atoms with E-state index in [4.69, 9.17) is 9.47 Å². The highest BCUT2D eigenvalue weighted by Gasteiger charge is 2.23. The fraction of sp³-hybridized carbons (Fsp3) is 0.625. The van der Waals surface area contributed by atoms with Crippen molar-refractivity contribution in [2.45, 2.75) is 38.8 Å². The molecule has 2 rings (SSSR count). The number of aliphatic hydroxyl groups is 1. The third-order valence-electron chi connectivity index (χ3n) is 3.39. The lowest BCUT2D eigenvalue weighted by Crippen LogP contribution is -2.48.